The fraction of sp³-hybridized carbons (Fsp3) is 0.143. The summed E-state index contributed by atoms with van der Waals surface area (Å²) in [5.74, 6) is 1.69. The molecular formula is C21H18N4O3S2. The smallest absolute Gasteiger partial charge is 0.277 e. The van der Waals surface area contributed by atoms with Crippen LogP contribution in [0, 0.1) is 0 Å². The van der Waals surface area contributed by atoms with Crippen LogP contribution in [-0.4, -0.2) is 28.2 Å². The third kappa shape index (κ3) is 4.52. The highest BCUT2D eigenvalue weighted by Crippen LogP contribution is 2.31. The SMILES string of the molecule is COc1ccc(-c2nnc(SCc3csc(N(C(C)=O)c4ccccc4)n3)o2)cc1. The van der Waals surface area contributed by atoms with E-state index >= 15 is 0 Å². The van der Waals surface area contributed by atoms with Crippen molar-refractivity contribution in [3.63, 3.8) is 0 Å². The summed E-state index contributed by atoms with van der Waals surface area (Å²) in [5, 5.41) is 11.2. The highest BCUT2D eigenvalue weighted by molar-refractivity contribution is 7.98. The molecule has 30 heavy (non-hydrogen) atoms. The predicted octanol–water partition coefficient (Wildman–Crippen LogP) is 5.18. The van der Waals surface area contributed by atoms with E-state index in [0.717, 1.165) is 22.7 Å². The molecule has 7 nitrogen and oxygen atoms in total. The van der Waals surface area contributed by atoms with Gasteiger partial charge in [0.1, 0.15) is 5.75 Å². The van der Waals surface area contributed by atoms with Crippen LogP contribution >= 0.6 is 23.1 Å². The summed E-state index contributed by atoms with van der Waals surface area (Å²) < 4.78 is 10.9. The van der Waals surface area contributed by atoms with Crippen LogP contribution in [0.15, 0.2) is 69.6 Å². The van der Waals surface area contributed by atoms with Gasteiger partial charge in [0.2, 0.25) is 11.8 Å². The number of nitrogens with zero attached hydrogens (tertiary/aromatic N) is 4. The topological polar surface area (TPSA) is 81.4 Å². The third-order valence-corrected chi connectivity index (χ3v) is 5.87. The van der Waals surface area contributed by atoms with E-state index in [-0.39, 0.29) is 5.91 Å². The molecule has 2 aromatic heterocycles. The van der Waals surface area contributed by atoms with Crippen molar-refractivity contribution in [2.45, 2.75) is 17.9 Å². The normalized spacial score (nSPS) is 10.7. The molecule has 1 amide bonds. The molecule has 0 N–H and O–H groups in total. The molecule has 0 fully saturated rings. The van der Waals surface area contributed by atoms with E-state index in [1.807, 2.05) is 60.0 Å². The number of thiazole rings is 1. The van der Waals surface area contributed by atoms with Crippen molar-refractivity contribution < 1.29 is 13.9 Å². The van der Waals surface area contributed by atoms with E-state index in [2.05, 4.69) is 15.2 Å². The van der Waals surface area contributed by atoms with Gasteiger partial charge in [-0.2, -0.15) is 0 Å². The minimum absolute atomic E-state index is 0.0872. The quantitative estimate of drug-likeness (QED) is 0.368. The number of benzene rings is 2. The van der Waals surface area contributed by atoms with Crippen LogP contribution in [0.3, 0.4) is 0 Å². The van der Waals surface area contributed by atoms with E-state index in [1.165, 1.54) is 30.0 Å². The number of hydrogen-bond acceptors (Lipinski definition) is 8. The molecule has 2 heterocycles. The zero-order valence-electron chi connectivity index (χ0n) is 16.3. The maximum absolute atomic E-state index is 12.2. The van der Waals surface area contributed by atoms with Gasteiger partial charge < -0.3 is 9.15 Å². The van der Waals surface area contributed by atoms with Crippen molar-refractivity contribution in [1.29, 1.82) is 0 Å². The molecule has 4 aromatic rings. The van der Waals surface area contributed by atoms with Gasteiger partial charge in [-0.3, -0.25) is 9.69 Å². The summed E-state index contributed by atoms with van der Waals surface area (Å²) >= 11 is 2.83. The Balaban J connectivity index is 1.43. The summed E-state index contributed by atoms with van der Waals surface area (Å²) in [6, 6.07) is 16.9. The Bertz CT molecular complexity index is 1130. The average molecular weight is 439 g/mol. The predicted molar refractivity (Wildman–Crippen MR) is 117 cm³/mol. The lowest BCUT2D eigenvalue weighted by molar-refractivity contribution is -0.115. The van der Waals surface area contributed by atoms with Gasteiger partial charge in [-0.25, -0.2) is 4.98 Å². The van der Waals surface area contributed by atoms with Crippen molar-refractivity contribution in [3.05, 3.63) is 65.7 Å². The monoisotopic (exact) mass is 438 g/mol. The van der Waals surface area contributed by atoms with Crippen LogP contribution in [-0.2, 0) is 10.5 Å². The number of thioether (sulfide) groups is 1. The highest BCUT2D eigenvalue weighted by atomic mass is 32.2. The number of rotatable bonds is 7. The number of hydrogen-bond donors (Lipinski definition) is 0. The number of amides is 1. The van der Waals surface area contributed by atoms with Crippen LogP contribution < -0.4 is 9.64 Å². The van der Waals surface area contributed by atoms with Crippen LogP contribution in [0.1, 0.15) is 12.6 Å². The van der Waals surface area contributed by atoms with Crippen LogP contribution in [0.4, 0.5) is 10.8 Å². The van der Waals surface area contributed by atoms with E-state index in [4.69, 9.17) is 9.15 Å². The Labute approximate surface area is 181 Å². The van der Waals surface area contributed by atoms with Gasteiger partial charge in [0.15, 0.2) is 5.13 Å². The lowest BCUT2D eigenvalue weighted by atomic mass is 10.2. The van der Waals surface area contributed by atoms with Crippen molar-refractivity contribution in [1.82, 2.24) is 15.2 Å². The number of aromatic nitrogens is 3. The Kier molecular flexibility index (Phi) is 6.10. The van der Waals surface area contributed by atoms with Crippen molar-refractivity contribution in [3.8, 4) is 17.2 Å². The maximum Gasteiger partial charge on any atom is 0.277 e. The van der Waals surface area contributed by atoms with Crippen molar-refractivity contribution in [2.75, 3.05) is 12.0 Å². The highest BCUT2D eigenvalue weighted by Gasteiger charge is 2.18. The van der Waals surface area contributed by atoms with E-state index in [9.17, 15) is 4.79 Å². The second-order valence-corrected chi connectivity index (χ2v) is 7.96. The first kappa shape index (κ1) is 20.1. The van der Waals surface area contributed by atoms with Gasteiger partial charge in [-0.1, -0.05) is 30.0 Å². The first-order valence-electron chi connectivity index (χ1n) is 9.05. The second-order valence-electron chi connectivity index (χ2n) is 6.20. The van der Waals surface area contributed by atoms with Crippen molar-refractivity contribution in [2.24, 2.45) is 0 Å². The number of carbonyl (C=O) groups is 1. The fourth-order valence-corrected chi connectivity index (χ4v) is 4.37. The minimum atomic E-state index is -0.0872. The second kappa shape index (κ2) is 9.10. The molecule has 0 aliphatic rings. The Morgan fingerprint density at radius 3 is 2.60 bits per heavy atom. The summed E-state index contributed by atoms with van der Waals surface area (Å²) in [4.78, 5) is 18.4. The van der Waals surface area contributed by atoms with Gasteiger partial charge in [-0.05, 0) is 36.4 Å². The standard InChI is InChI=1S/C21H18N4O3S2/c1-14(26)25(17-6-4-3-5-7-17)20-22-16(12-29-20)13-30-21-24-23-19(28-21)15-8-10-18(27-2)11-9-15/h3-12H,13H2,1-2H3. The molecule has 0 radical (unpaired) electrons. The average Bonchev–Trinajstić information content (AvgIpc) is 3.43. The first-order chi connectivity index (χ1) is 14.6. The van der Waals surface area contributed by atoms with Crippen LogP contribution in [0.25, 0.3) is 11.5 Å². The Hall–Kier alpha value is -3.17. The first-order valence-corrected chi connectivity index (χ1v) is 10.9. The summed E-state index contributed by atoms with van der Waals surface area (Å²) in [6.07, 6.45) is 0. The molecule has 0 saturated carbocycles. The largest absolute Gasteiger partial charge is 0.497 e. The van der Waals surface area contributed by atoms with Gasteiger partial charge in [0.25, 0.3) is 5.22 Å². The van der Waals surface area contributed by atoms with Crippen molar-refractivity contribution >= 4 is 39.8 Å². The molecule has 0 unspecified atom stereocenters. The van der Waals surface area contributed by atoms with E-state index in [1.54, 1.807) is 12.0 Å². The van der Waals surface area contributed by atoms with Crippen LogP contribution in [0.2, 0.25) is 0 Å². The third-order valence-electron chi connectivity index (χ3n) is 4.15. The Morgan fingerprint density at radius 1 is 1.13 bits per heavy atom. The number of anilines is 2. The molecule has 0 bridgehead atoms. The Morgan fingerprint density at radius 2 is 1.90 bits per heavy atom. The molecule has 0 atom stereocenters. The number of carbonyl (C=O) groups excluding carboxylic acids is 1. The van der Waals surface area contributed by atoms with Gasteiger partial charge in [0.05, 0.1) is 18.5 Å². The van der Waals surface area contributed by atoms with Gasteiger partial charge in [0, 0.05) is 23.6 Å². The van der Waals surface area contributed by atoms with E-state index in [0.29, 0.717) is 22.0 Å². The van der Waals surface area contributed by atoms with E-state index < -0.39 is 0 Å². The molecule has 4 rings (SSSR count). The lowest BCUT2D eigenvalue weighted by Gasteiger charge is -2.17. The van der Waals surface area contributed by atoms with Gasteiger partial charge >= 0.3 is 0 Å². The summed E-state index contributed by atoms with van der Waals surface area (Å²) in [5.41, 5.74) is 2.46. The fourth-order valence-electron chi connectivity index (χ4n) is 2.72. The molecule has 9 heteroatoms. The molecule has 0 aliphatic heterocycles. The minimum Gasteiger partial charge on any atom is -0.497 e. The van der Waals surface area contributed by atoms with Gasteiger partial charge in [-0.15, -0.1) is 21.5 Å². The molecule has 152 valence electrons. The zero-order chi connectivity index (χ0) is 20.9. The lowest BCUT2D eigenvalue weighted by Crippen LogP contribution is -2.22. The molecule has 0 spiro atoms. The molecule has 0 saturated heterocycles. The number of ether oxygens (including phenoxy) is 1. The maximum atomic E-state index is 12.2. The number of methoxy groups -OCH3 is 1. The molecule has 0 aliphatic carbocycles. The summed E-state index contributed by atoms with van der Waals surface area (Å²) in [6.45, 7) is 1.53. The summed E-state index contributed by atoms with van der Waals surface area (Å²) in [7, 11) is 1.62. The molecule has 2 aromatic carbocycles. The zero-order valence-corrected chi connectivity index (χ0v) is 17.9. The van der Waals surface area contributed by atoms with Crippen LogP contribution in [0.5, 0.6) is 5.75 Å². The molecular weight excluding hydrogens is 420 g/mol. The number of para-hydroxylation sites is 1.